The van der Waals surface area contributed by atoms with E-state index in [-0.39, 0.29) is 17.1 Å². The van der Waals surface area contributed by atoms with Crippen LogP contribution in [-0.4, -0.2) is 35.5 Å². The lowest BCUT2D eigenvalue weighted by Gasteiger charge is -2.52. The molecule has 16 heavy (non-hydrogen) atoms. The van der Waals surface area contributed by atoms with Gasteiger partial charge in [-0.3, -0.25) is 0 Å². The van der Waals surface area contributed by atoms with Gasteiger partial charge in [-0.15, -0.1) is 0 Å². The van der Waals surface area contributed by atoms with E-state index in [1.54, 1.807) is 0 Å². The minimum Gasteiger partial charge on any atom is -0.392 e. The highest BCUT2D eigenvalue weighted by Crippen LogP contribution is 2.41. The first-order valence-electron chi connectivity index (χ1n) is 6.39. The van der Waals surface area contributed by atoms with E-state index in [0.717, 1.165) is 25.9 Å². The number of aliphatic hydroxyl groups is 1. The molecule has 1 aliphatic heterocycles. The van der Waals surface area contributed by atoms with E-state index in [4.69, 9.17) is 4.74 Å². The molecule has 3 unspecified atom stereocenters. The van der Waals surface area contributed by atoms with Gasteiger partial charge < -0.3 is 15.2 Å². The molecule has 2 rings (SSSR count). The second-order valence-corrected chi connectivity index (χ2v) is 6.59. The van der Waals surface area contributed by atoms with Gasteiger partial charge in [-0.25, -0.2) is 0 Å². The van der Waals surface area contributed by atoms with Gasteiger partial charge in [0.2, 0.25) is 0 Å². The average Bonchev–Trinajstić information content (AvgIpc) is 2.16. The van der Waals surface area contributed by atoms with Gasteiger partial charge in [-0.2, -0.15) is 0 Å². The maximum Gasteiger partial charge on any atom is 0.0641 e. The summed E-state index contributed by atoms with van der Waals surface area (Å²) in [4.78, 5) is 0. The lowest BCUT2D eigenvalue weighted by molar-refractivity contribution is -0.0969. The van der Waals surface area contributed by atoms with Crippen LogP contribution in [0, 0.1) is 5.41 Å². The van der Waals surface area contributed by atoms with Gasteiger partial charge in [0, 0.05) is 24.1 Å². The third kappa shape index (κ3) is 2.27. The predicted octanol–water partition coefficient (Wildman–Crippen LogP) is 1.69. The summed E-state index contributed by atoms with van der Waals surface area (Å²) in [6.07, 6.45) is 2.91. The lowest BCUT2D eigenvalue weighted by atomic mass is 9.64. The first-order chi connectivity index (χ1) is 7.31. The molecule has 0 amide bonds. The molecule has 0 aromatic heterocycles. The monoisotopic (exact) mass is 227 g/mol. The van der Waals surface area contributed by atoms with Crippen LogP contribution in [0.4, 0.5) is 0 Å². The van der Waals surface area contributed by atoms with Gasteiger partial charge in [-0.1, -0.05) is 13.8 Å². The molecule has 1 saturated carbocycles. The molecule has 1 heterocycles. The smallest absolute Gasteiger partial charge is 0.0641 e. The standard InChI is InChI=1S/C13H25NO2/c1-12(2)8-9(5-6-16-12)14-10-7-11(15)13(10,3)4/h9-11,14-15H,5-8H2,1-4H3. The predicted molar refractivity (Wildman–Crippen MR) is 64.4 cm³/mol. The van der Waals surface area contributed by atoms with Crippen molar-refractivity contribution in [3.8, 4) is 0 Å². The summed E-state index contributed by atoms with van der Waals surface area (Å²) in [6, 6.07) is 1.00. The third-order valence-electron chi connectivity index (χ3n) is 4.35. The largest absolute Gasteiger partial charge is 0.392 e. The fourth-order valence-corrected chi connectivity index (χ4v) is 2.84. The molecule has 2 fully saturated rings. The highest BCUT2D eigenvalue weighted by Gasteiger charge is 2.48. The van der Waals surface area contributed by atoms with Crippen molar-refractivity contribution in [3.05, 3.63) is 0 Å². The molecule has 0 aromatic carbocycles. The molecular weight excluding hydrogens is 202 g/mol. The highest BCUT2D eigenvalue weighted by atomic mass is 16.5. The van der Waals surface area contributed by atoms with Crippen LogP contribution < -0.4 is 5.32 Å². The van der Waals surface area contributed by atoms with Crippen LogP contribution >= 0.6 is 0 Å². The maximum atomic E-state index is 9.71. The molecule has 0 spiro atoms. The number of aliphatic hydroxyl groups excluding tert-OH is 1. The Morgan fingerprint density at radius 3 is 2.44 bits per heavy atom. The molecule has 0 radical (unpaired) electrons. The second kappa shape index (κ2) is 3.97. The number of hydrogen-bond donors (Lipinski definition) is 2. The molecule has 2 N–H and O–H groups in total. The van der Waals surface area contributed by atoms with Gasteiger partial charge in [0.25, 0.3) is 0 Å². The van der Waals surface area contributed by atoms with Gasteiger partial charge >= 0.3 is 0 Å². The topological polar surface area (TPSA) is 41.5 Å². The first-order valence-corrected chi connectivity index (χ1v) is 6.39. The zero-order valence-corrected chi connectivity index (χ0v) is 10.9. The summed E-state index contributed by atoms with van der Waals surface area (Å²) in [5, 5.41) is 13.4. The van der Waals surface area contributed by atoms with E-state index in [1.807, 2.05) is 0 Å². The Morgan fingerprint density at radius 1 is 1.25 bits per heavy atom. The molecule has 3 atom stereocenters. The fraction of sp³-hybridized carbons (Fsp3) is 1.00. The molecule has 3 nitrogen and oxygen atoms in total. The molecule has 0 aromatic rings. The Hall–Kier alpha value is -0.120. The minimum atomic E-state index is -0.141. The summed E-state index contributed by atoms with van der Waals surface area (Å²) >= 11 is 0. The number of hydrogen-bond acceptors (Lipinski definition) is 3. The Morgan fingerprint density at radius 2 is 1.94 bits per heavy atom. The Kier molecular flexibility index (Phi) is 3.06. The molecule has 3 heteroatoms. The summed E-state index contributed by atoms with van der Waals surface area (Å²) < 4.78 is 5.71. The minimum absolute atomic E-state index is 0.00240. The highest BCUT2D eigenvalue weighted by molar-refractivity contribution is 5.03. The van der Waals surface area contributed by atoms with Crippen molar-refractivity contribution in [2.24, 2.45) is 5.41 Å². The number of nitrogens with one attached hydrogen (secondary N) is 1. The summed E-state index contributed by atoms with van der Waals surface area (Å²) in [7, 11) is 0. The zero-order chi connectivity index (χ0) is 12.0. The number of ether oxygens (including phenoxy) is 1. The van der Waals surface area contributed by atoms with Crippen LogP contribution in [0.2, 0.25) is 0 Å². The van der Waals surface area contributed by atoms with Crippen molar-refractivity contribution in [1.82, 2.24) is 5.32 Å². The van der Waals surface area contributed by atoms with Gasteiger partial charge in [0.15, 0.2) is 0 Å². The van der Waals surface area contributed by atoms with Crippen molar-refractivity contribution in [2.45, 2.75) is 70.7 Å². The van der Waals surface area contributed by atoms with E-state index in [2.05, 4.69) is 33.0 Å². The Labute approximate surface area is 98.6 Å². The van der Waals surface area contributed by atoms with Crippen molar-refractivity contribution in [1.29, 1.82) is 0 Å². The maximum absolute atomic E-state index is 9.71. The van der Waals surface area contributed by atoms with Crippen molar-refractivity contribution >= 4 is 0 Å². The third-order valence-corrected chi connectivity index (χ3v) is 4.35. The van der Waals surface area contributed by atoms with E-state index < -0.39 is 0 Å². The average molecular weight is 227 g/mol. The molecule has 1 saturated heterocycles. The van der Waals surface area contributed by atoms with Crippen LogP contribution in [0.3, 0.4) is 0 Å². The van der Waals surface area contributed by atoms with Gasteiger partial charge in [0.1, 0.15) is 0 Å². The van der Waals surface area contributed by atoms with Crippen molar-refractivity contribution in [2.75, 3.05) is 6.61 Å². The summed E-state index contributed by atoms with van der Waals surface area (Å²) in [6.45, 7) is 9.44. The second-order valence-electron chi connectivity index (χ2n) is 6.59. The SMILES string of the molecule is CC1(C)CC(NC2CC(O)C2(C)C)CCO1. The van der Waals surface area contributed by atoms with E-state index in [0.29, 0.717) is 12.1 Å². The van der Waals surface area contributed by atoms with Crippen LogP contribution in [-0.2, 0) is 4.74 Å². The van der Waals surface area contributed by atoms with Gasteiger partial charge in [-0.05, 0) is 33.1 Å². The molecule has 2 aliphatic rings. The lowest BCUT2D eigenvalue weighted by Crippen LogP contribution is -2.63. The summed E-state index contributed by atoms with van der Waals surface area (Å²) in [5.41, 5.74) is 0.0326. The van der Waals surface area contributed by atoms with E-state index >= 15 is 0 Å². The molecule has 0 bridgehead atoms. The normalized spacial score (nSPS) is 41.4. The van der Waals surface area contributed by atoms with E-state index in [9.17, 15) is 5.11 Å². The zero-order valence-electron chi connectivity index (χ0n) is 10.9. The van der Waals surface area contributed by atoms with Crippen LogP contribution in [0.25, 0.3) is 0 Å². The Bertz CT molecular complexity index is 263. The molecular formula is C13H25NO2. The molecule has 94 valence electrons. The van der Waals surface area contributed by atoms with Crippen molar-refractivity contribution in [3.63, 3.8) is 0 Å². The summed E-state index contributed by atoms with van der Waals surface area (Å²) in [5.74, 6) is 0. The van der Waals surface area contributed by atoms with Crippen LogP contribution in [0.15, 0.2) is 0 Å². The van der Waals surface area contributed by atoms with Crippen LogP contribution in [0.5, 0.6) is 0 Å². The first kappa shape index (κ1) is 12.3. The van der Waals surface area contributed by atoms with Gasteiger partial charge in [0.05, 0.1) is 11.7 Å². The van der Waals surface area contributed by atoms with Crippen LogP contribution in [0.1, 0.15) is 47.0 Å². The molecule has 1 aliphatic carbocycles. The Balaban J connectivity index is 1.87. The van der Waals surface area contributed by atoms with E-state index in [1.165, 1.54) is 0 Å². The number of rotatable bonds is 2. The van der Waals surface area contributed by atoms with Crippen molar-refractivity contribution < 1.29 is 9.84 Å². The quantitative estimate of drug-likeness (QED) is 0.754. The fourth-order valence-electron chi connectivity index (χ4n) is 2.84.